The zero-order valence-electron chi connectivity index (χ0n) is 7.21. The van der Waals surface area contributed by atoms with Crippen LogP contribution in [0.25, 0.3) is 5.57 Å². The smallest absolute Gasteiger partial charge is 0.223 e. The fraction of sp³-hybridized carbons (Fsp3) is 0.556. The highest BCUT2D eigenvalue weighted by Gasteiger charge is 2.10. The van der Waals surface area contributed by atoms with Gasteiger partial charge >= 0.3 is 0 Å². The van der Waals surface area contributed by atoms with E-state index in [1.54, 1.807) is 0 Å². The molecule has 0 N–H and O–H groups in total. The van der Waals surface area contributed by atoms with E-state index in [-0.39, 0.29) is 0 Å². The predicted octanol–water partition coefficient (Wildman–Crippen LogP) is 2.34. The number of hydrogen-bond acceptors (Lipinski definition) is 3. The van der Waals surface area contributed by atoms with Crippen molar-refractivity contribution in [3.8, 4) is 0 Å². The highest BCUT2D eigenvalue weighted by atomic mass is 16.5. The molecule has 0 fully saturated rings. The van der Waals surface area contributed by atoms with Gasteiger partial charge in [-0.3, -0.25) is 0 Å². The summed E-state index contributed by atoms with van der Waals surface area (Å²) >= 11 is 0. The lowest BCUT2D eigenvalue weighted by Crippen LogP contribution is -1.93. The summed E-state index contributed by atoms with van der Waals surface area (Å²) in [7, 11) is 0. The van der Waals surface area contributed by atoms with Gasteiger partial charge in [-0.05, 0) is 31.3 Å². The highest BCUT2D eigenvalue weighted by molar-refractivity contribution is 5.59. The topological polar surface area (TPSA) is 38.9 Å². The van der Waals surface area contributed by atoms with E-state index in [2.05, 4.69) is 16.2 Å². The summed E-state index contributed by atoms with van der Waals surface area (Å²) in [6.45, 7) is 1.82. The molecule has 0 unspecified atom stereocenters. The Hall–Kier alpha value is -1.12. The van der Waals surface area contributed by atoms with Gasteiger partial charge in [-0.15, -0.1) is 0 Å². The molecule has 0 atom stereocenters. The largest absolute Gasteiger partial charge is 0.339 e. The van der Waals surface area contributed by atoms with Gasteiger partial charge in [0.2, 0.25) is 5.89 Å². The molecule has 0 spiro atoms. The van der Waals surface area contributed by atoms with Crippen molar-refractivity contribution in [1.29, 1.82) is 0 Å². The van der Waals surface area contributed by atoms with Crippen molar-refractivity contribution in [2.45, 2.75) is 32.6 Å². The molecule has 0 saturated heterocycles. The molecular formula is C9H12N2O. The first-order valence-corrected chi connectivity index (χ1v) is 4.36. The number of aromatic nitrogens is 2. The second kappa shape index (κ2) is 3.09. The normalized spacial score (nSPS) is 17.6. The first-order chi connectivity index (χ1) is 5.86. The standard InChI is InChI=1S/C9H12N2O/c1-7-10-9(11-12-7)8-5-3-2-4-6-8/h5H,2-4,6H2,1H3. The molecule has 0 aromatic carbocycles. The van der Waals surface area contributed by atoms with Crippen LogP contribution in [0.3, 0.4) is 0 Å². The SMILES string of the molecule is Cc1nc(C2=CCCCC2)no1. The summed E-state index contributed by atoms with van der Waals surface area (Å²) < 4.78 is 4.92. The first-order valence-electron chi connectivity index (χ1n) is 4.36. The molecule has 1 heterocycles. The molecule has 1 aliphatic carbocycles. The van der Waals surface area contributed by atoms with E-state index in [9.17, 15) is 0 Å². The number of hydrogen-bond donors (Lipinski definition) is 0. The van der Waals surface area contributed by atoms with Gasteiger partial charge < -0.3 is 4.52 Å². The van der Waals surface area contributed by atoms with Crippen LogP contribution >= 0.6 is 0 Å². The molecule has 12 heavy (non-hydrogen) atoms. The summed E-state index contributed by atoms with van der Waals surface area (Å²) in [5.41, 5.74) is 1.25. The molecule has 0 radical (unpaired) electrons. The van der Waals surface area contributed by atoms with Gasteiger partial charge in [0.25, 0.3) is 0 Å². The fourth-order valence-electron chi connectivity index (χ4n) is 1.47. The van der Waals surface area contributed by atoms with E-state index in [1.807, 2.05) is 6.92 Å². The maximum absolute atomic E-state index is 4.92. The molecule has 64 valence electrons. The van der Waals surface area contributed by atoms with Crippen LogP contribution in [0.15, 0.2) is 10.6 Å². The zero-order chi connectivity index (χ0) is 8.39. The van der Waals surface area contributed by atoms with Crippen molar-refractivity contribution in [1.82, 2.24) is 10.1 Å². The van der Waals surface area contributed by atoms with E-state index in [0.717, 1.165) is 18.7 Å². The van der Waals surface area contributed by atoms with Crippen LogP contribution in [0.5, 0.6) is 0 Å². The third kappa shape index (κ3) is 1.40. The van der Waals surface area contributed by atoms with Gasteiger partial charge in [-0.1, -0.05) is 11.2 Å². The predicted molar refractivity (Wildman–Crippen MR) is 45.5 cm³/mol. The van der Waals surface area contributed by atoms with E-state index < -0.39 is 0 Å². The molecule has 0 aliphatic heterocycles. The van der Waals surface area contributed by atoms with E-state index in [4.69, 9.17) is 4.52 Å². The Morgan fingerprint density at radius 2 is 2.33 bits per heavy atom. The van der Waals surface area contributed by atoms with Gasteiger partial charge in [-0.2, -0.15) is 4.98 Å². The Kier molecular flexibility index (Phi) is 1.94. The lowest BCUT2D eigenvalue weighted by Gasteiger charge is -2.07. The maximum Gasteiger partial charge on any atom is 0.223 e. The van der Waals surface area contributed by atoms with Gasteiger partial charge in [0.15, 0.2) is 5.82 Å². The van der Waals surface area contributed by atoms with Crippen molar-refractivity contribution in [2.75, 3.05) is 0 Å². The fourth-order valence-corrected chi connectivity index (χ4v) is 1.47. The second-order valence-corrected chi connectivity index (χ2v) is 3.11. The summed E-state index contributed by atoms with van der Waals surface area (Å²) in [6.07, 6.45) is 7.01. The Morgan fingerprint density at radius 1 is 1.42 bits per heavy atom. The minimum atomic E-state index is 0.650. The molecule has 2 rings (SSSR count). The molecule has 3 heteroatoms. The Balaban J connectivity index is 2.23. The first kappa shape index (κ1) is 7.53. The van der Waals surface area contributed by atoms with Crippen molar-refractivity contribution < 1.29 is 4.52 Å². The molecule has 0 bridgehead atoms. The van der Waals surface area contributed by atoms with Crippen molar-refractivity contribution >= 4 is 5.57 Å². The Bertz CT molecular complexity index is 301. The third-order valence-corrected chi connectivity index (χ3v) is 2.11. The number of rotatable bonds is 1. The van der Waals surface area contributed by atoms with Crippen LogP contribution in [-0.4, -0.2) is 10.1 Å². The molecule has 1 aromatic rings. The molecule has 1 aliphatic rings. The van der Waals surface area contributed by atoms with Crippen LogP contribution in [-0.2, 0) is 0 Å². The number of nitrogens with zero attached hydrogens (tertiary/aromatic N) is 2. The molecule has 1 aromatic heterocycles. The van der Waals surface area contributed by atoms with Crippen LogP contribution in [0, 0.1) is 6.92 Å². The summed E-state index contributed by atoms with van der Waals surface area (Å²) in [6, 6.07) is 0. The Morgan fingerprint density at radius 3 is 2.92 bits per heavy atom. The zero-order valence-corrected chi connectivity index (χ0v) is 7.21. The van der Waals surface area contributed by atoms with Crippen LogP contribution in [0.1, 0.15) is 37.4 Å². The van der Waals surface area contributed by atoms with Crippen molar-refractivity contribution in [3.05, 3.63) is 17.8 Å². The summed E-state index contributed by atoms with van der Waals surface area (Å²) in [4.78, 5) is 4.19. The molecule has 0 amide bonds. The van der Waals surface area contributed by atoms with E-state index in [1.165, 1.54) is 18.4 Å². The maximum atomic E-state index is 4.92. The molecule has 0 saturated carbocycles. The lowest BCUT2D eigenvalue weighted by atomic mass is 9.99. The van der Waals surface area contributed by atoms with Crippen molar-refractivity contribution in [3.63, 3.8) is 0 Å². The summed E-state index contributed by atoms with van der Waals surface area (Å²) in [5, 5.41) is 3.89. The third-order valence-electron chi connectivity index (χ3n) is 2.11. The van der Waals surface area contributed by atoms with Crippen LogP contribution in [0.2, 0.25) is 0 Å². The van der Waals surface area contributed by atoms with Crippen molar-refractivity contribution in [2.24, 2.45) is 0 Å². The average Bonchev–Trinajstić information content (AvgIpc) is 2.54. The molecular weight excluding hydrogens is 152 g/mol. The minimum Gasteiger partial charge on any atom is -0.339 e. The average molecular weight is 164 g/mol. The van der Waals surface area contributed by atoms with Crippen LogP contribution in [0.4, 0.5) is 0 Å². The van der Waals surface area contributed by atoms with Crippen LogP contribution < -0.4 is 0 Å². The number of allylic oxidation sites excluding steroid dienone is 2. The second-order valence-electron chi connectivity index (χ2n) is 3.11. The number of aryl methyl sites for hydroxylation is 1. The highest BCUT2D eigenvalue weighted by Crippen LogP contribution is 2.24. The van der Waals surface area contributed by atoms with E-state index in [0.29, 0.717) is 5.89 Å². The Labute approximate surface area is 71.5 Å². The van der Waals surface area contributed by atoms with Gasteiger partial charge in [-0.25, -0.2) is 0 Å². The quantitative estimate of drug-likeness (QED) is 0.639. The molecule has 3 nitrogen and oxygen atoms in total. The summed E-state index contributed by atoms with van der Waals surface area (Å²) in [5.74, 6) is 1.43. The minimum absolute atomic E-state index is 0.650. The lowest BCUT2D eigenvalue weighted by molar-refractivity contribution is 0.391. The van der Waals surface area contributed by atoms with E-state index >= 15 is 0 Å². The monoisotopic (exact) mass is 164 g/mol. The van der Waals surface area contributed by atoms with Gasteiger partial charge in [0.05, 0.1) is 0 Å². The van der Waals surface area contributed by atoms with Gasteiger partial charge in [0.1, 0.15) is 0 Å². The van der Waals surface area contributed by atoms with Gasteiger partial charge in [0, 0.05) is 6.92 Å².